The lowest BCUT2D eigenvalue weighted by molar-refractivity contribution is -0.148. The van der Waals surface area contributed by atoms with E-state index in [0.717, 1.165) is 18.6 Å². The van der Waals surface area contributed by atoms with E-state index in [1.54, 1.807) is 16.7 Å². The van der Waals surface area contributed by atoms with Crippen LogP contribution in [0.2, 0.25) is 0 Å². The smallest absolute Gasteiger partial charge is 0.311 e. The maximum atomic E-state index is 11.9. The van der Waals surface area contributed by atoms with E-state index in [-0.39, 0.29) is 5.91 Å². The third-order valence-corrected chi connectivity index (χ3v) is 4.73. The highest BCUT2D eigenvalue weighted by Crippen LogP contribution is 2.34. The summed E-state index contributed by atoms with van der Waals surface area (Å²) in [7, 11) is 0. The van der Waals surface area contributed by atoms with Gasteiger partial charge in [0.2, 0.25) is 5.91 Å². The van der Waals surface area contributed by atoms with E-state index in [0.29, 0.717) is 31.7 Å². The average Bonchev–Trinajstić information content (AvgIpc) is 2.80. The van der Waals surface area contributed by atoms with E-state index in [1.807, 2.05) is 6.92 Å². The summed E-state index contributed by atoms with van der Waals surface area (Å²) < 4.78 is 0. The van der Waals surface area contributed by atoms with Gasteiger partial charge in [0.1, 0.15) is 0 Å². The normalized spacial score (nSPS) is 23.3. The van der Waals surface area contributed by atoms with Gasteiger partial charge in [0.05, 0.1) is 11.2 Å². The van der Waals surface area contributed by atoms with Crippen molar-refractivity contribution in [2.24, 2.45) is 5.41 Å². The predicted molar refractivity (Wildman–Crippen MR) is 73.8 cm³/mol. The van der Waals surface area contributed by atoms with Crippen LogP contribution in [-0.2, 0) is 9.59 Å². The summed E-state index contributed by atoms with van der Waals surface area (Å²) in [5, 5.41) is 9.27. The van der Waals surface area contributed by atoms with Crippen molar-refractivity contribution in [3.63, 3.8) is 0 Å². The number of carbonyl (C=O) groups excluding carboxylic acids is 1. The van der Waals surface area contributed by atoms with Crippen molar-refractivity contribution < 1.29 is 14.7 Å². The van der Waals surface area contributed by atoms with Gasteiger partial charge in [-0.25, -0.2) is 0 Å². The lowest BCUT2D eigenvalue weighted by Crippen LogP contribution is -2.37. The van der Waals surface area contributed by atoms with Gasteiger partial charge >= 0.3 is 5.97 Å². The SMILES string of the molecule is CCCCSCC(=O)N1CCC(CC)(C(=O)O)C1. The predicted octanol–water partition coefficient (Wildman–Crippen LogP) is 2.23. The number of hydrogen-bond donors (Lipinski definition) is 1. The van der Waals surface area contributed by atoms with Crippen molar-refractivity contribution in [1.29, 1.82) is 0 Å². The Labute approximate surface area is 113 Å². The molecule has 0 spiro atoms. The highest BCUT2D eigenvalue weighted by atomic mass is 32.2. The molecule has 1 heterocycles. The minimum atomic E-state index is -0.765. The van der Waals surface area contributed by atoms with E-state index in [2.05, 4.69) is 6.92 Å². The standard InChI is InChI=1S/C13H23NO3S/c1-3-5-8-18-9-11(15)14-7-6-13(4-2,10-14)12(16)17/h3-10H2,1-2H3,(H,16,17). The van der Waals surface area contributed by atoms with Gasteiger partial charge in [-0.15, -0.1) is 0 Å². The summed E-state index contributed by atoms with van der Waals surface area (Å²) in [5.74, 6) is 0.819. The number of nitrogens with zero attached hydrogens (tertiary/aromatic N) is 1. The molecule has 1 N–H and O–H groups in total. The number of carboxylic acids is 1. The highest BCUT2D eigenvalue weighted by molar-refractivity contribution is 7.99. The molecule has 0 radical (unpaired) electrons. The maximum absolute atomic E-state index is 11.9. The first-order valence-electron chi connectivity index (χ1n) is 6.64. The van der Waals surface area contributed by atoms with Crippen LogP contribution in [0.4, 0.5) is 0 Å². The Bertz CT molecular complexity index is 309. The van der Waals surface area contributed by atoms with Gasteiger partial charge in [0.15, 0.2) is 0 Å². The van der Waals surface area contributed by atoms with Gasteiger partial charge in [-0.1, -0.05) is 20.3 Å². The molecule has 1 unspecified atom stereocenters. The second kappa shape index (κ2) is 7.02. The topological polar surface area (TPSA) is 57.6 Å². The van der Waals surface area contributed by atoms with Crippen molar-refractivity contribution in [2.45, 2.75) is 39.5 Å². The van der Waals surface area contributed by atoms with Crippen molar-refractivity contribution in [2.75, 3.05) is 24.6 Å². The lowest BCUT2D eigenvalue weighted by Gasteiger charge is -2.23. The molecule has 0 bridgehead atoms. The molecule has 1 fully saturated rings. The van der Waals surface area contributed by atoms with Gasteiger partial charge in [-0.05, 0) is 25.0 Å². The van der Waals surface area contributed by atoms with Gasteiger partial charge < -0.3 is 10.0 Å². The molecule has 1 saturated heterocycles. The Hall–Kier alpha value is -0.710. The van der Waals surface area contributed by atoms with E-state index in [1.165, 1.54) is 0 Å². The summed E-state index contributed by atoms with van der Waals surface area (Å²) in [5.41, 5.74) is -0.705. The third-order valence-electron chi connectivity index (χ3n) is 3.70. The molecule has 1 aliphatic rings. The minimum Gasteiger partial charge on any atom is -0.481 e. The Kier molecular flexibility index (Phi) is 5.99. The van der Waals surface area contributed by atoms with Gasteiger partial charge in [0.25, 0.3) is 0 Å². The number of unbranched alkanes of at least 4 members (excludes halogenated alkanes) is 1. The van der Waals surface area contributed by atoms with Crippen molar-refractivity contribution in [3.05, 3.63) is 0 Å². The van der Waals surface area contributed by atoms with Crippen LogP contribution >= 0.6 is 11.8 Å². The first-order valence-corrected chi connectivity index (χ1v) is 7.80. The summed E-state index contributed by atoms with van der Waals surface area (Å²) in [4.78, 5) is 24.9. The Morgan fingerprint density at radius 1 is 1.39 bits per heavy atom. The number of amides is 1. The molecule has 104 valence electrons. The molecular weight excluding hydrogens is 250 g/mol. The minimum absolute atomic E-state index is 0.0904. The molecule has 4 nitrogen and oxygen atoms in total. The highest BCUT2D eigenvalue weighted by Gasteiger charge is 2.44. The largest absolute Gasteiger partial charge is 0.481 e. The third kappa shape index (κ3) is 3.64. The van der Waals surface area contributed by atoms with Crippen molar-refractivity contribution in [1.82, 2.24) is 4.90 Å². The Morgan fingerprint density at radius 2 is 2.11 bits per heavy atom. The molecule has 1 rings (SSSR count). The van der Waals surface area contributed by atoms with Gasteiger partial charge in [0, 0.05) is 13.1 Å². The molecule has 0 aromatic rings. The Balaban J connectivity index is 2.41. The van der Waals surface area contributed by atoms with Crippen LogP contribution in [0.3, 0.4) is 0 Å². The molecule has 1 amide bonds. The molecule has 0 aliphatic carbocycles. The number of thioether (sulfide) groups is 1. The second-order valence-corrected chi connectivity index (χ2v) is 6.02. The second-order valence-electron chi connectivity index (χ2n) is 4.91. The van der Waals surface area contributed by atoms with Crippen LogP contribution in [-0.4, -0.2) is 46.5 Å². The van der Waals surface area contributed by atoms with E-state index in [9.17, 15) is 14.7 Å². The number of likely N-dealkylation sites (tertiary alicyclic amines) is 1. The molecular formula is C13H23NO3S. The average molecular weight is 273 g/mol. The van der Waals surface area contributed by atoms with Crippen LogP contribution in [0.25, 0.3) is 0 Å². The fraction of sp³-hybridized carbons (Fsp3) is 0.846. The summed E-state index contributed by atoms with van der Waals surface area (Å²) >= 11 is 1.65. The maximum Gasteiger partial charge on any atom is 0.311 e. The van der Waals surface area contributed by atoms with Gasteiger partial charge in [-0.3, -0.25) is 9.59 Å². The molecule has 0 aromatic heterocycles. The number of rotatable bonds is 7. The molecule has 18 heavy (non-hydrogen) atoms. The number of carboxylic acid groups (broad SMARTS) is 1. The fourth-order valence-electron chi connectivity index (χ4n) is 2.20. The zero-order valence-electron chi connectivity index (χ0n) is 11.3. The van der Waals surface area contributed by atoms with Crippen LogP contribution in [0.5, 0.6) is 0 Å². The summed E-state index contributed by atoms with van der Waals surface area (Å²) in [6.45, 7) is 4.99. The number of carbonyl (C=O) groups is 2. The van der Waals surface area contributed by atoms with Crippen LogP contribution in [0, 0.1) is 5.41 Å². The van der Waals surface area contributed by atoms with Crippen LogP contribution in [0.1, 0.15) is 39.5 Å². The Morgan fingerprint density at radius 3 is 2.61 bits per heavy atom. The summed E-state index contributed by atoms with van der Waals surface area (Å²) in [6, 6.07) is 0. The molecule has 0 aromatic carbocycles. The van der Waals surface area contributed by atoms with Gasteiger partial charge in [-0.2, -0.15) is 11.8 Å². The molecule has 0 saturated carbocycles. The van der Waals surface area contributed by atoms with Crippen molar-refractivity contribution >= 4 is 23.6 Å². The van der Waals surface area contributed by atoms with E-state index in [4.69, 9.17) is 0 Å². The van der Waals surface area contributed by atoms with Crippen LogP contribution < -0.4 is 0 Å². The first-order chi connectivity index (χ1) is 8.55. The monoisotopic (exact) mass is 273 g/mol. The fourth-order valence-corrected chi connectivity index (χ4v) is 3.19. The number of hydrogen-bond acceptors (Lipinski definition) is 3. The zero-order valence-corrected chi connectivity index (χ0v) is 12.1. The van der Waals surface area contributed by atoms with Crippen molar-refractivity contribution in [3.8, 4) is 0 Å². The zero-order chi connectivity index (χ0) is 13.6. The number of aliphatic carboxylic acids is 1. The summed E-state index contributed by atoms with van der Waals surface area (Å²) in [6.07, 6.45) is 3.45. The van der Waals surface area contributed by atoms with E-state index < -0.39 is 11.4 Å². The van der Waals surface area contributed by atoms with E-state index >= 15 is 0 Å². The quantitative estimate of drug-likeness (QED) is 0.723. The molecule has 5 heteroatoms. The molecule has 1 atom stereocenters. The van der Waals surface area contributed by atoms with Crippen LogP contribution in [0.15, 0.2) is 0 Å². The molecule has 1 aliphatic heterocycles. The lowest BCUT2D eigenvalue weighted by atomic mass is 9.84. The first kappa shape index (κ1) is 15.3.